The van der Waals surface area contributed by atoms with Crippen LogP contribution in [-0.2, 0) is 6.54 Å². The normalized spacial score (nSPS) is 18.5. The molecule has 2 amide bonds. The van der Waals surface area contributed by atoms with Gasteiger partial charge in [0.15, 0.2) is 0 Å². The van der Waals surface area contributed by atoms with Gasteiger partial charge in [-0.2, -0.15) is 0 Å². The van der Waals surface area contributed by atoms with Gasteiger partial charge in [-0.1, -0.05) is 37.3 Å². The van der Waals surface area contributed by atoms with Crippen molar-refractivity contribution < 1.29 is 18.7 Å². The van der Waals surface area contributed by atoms with Crippen molar-refractivity contribution in [1.82, 2.24) is 5.32 Å². The van der Waals surface area contributed by atoms with Crippen LogP contribution in [0.5, 0.6) is 11.5 Å². The molecule has 0 unspecified atom stereocenters. The third-order valence-electron chi connectivity index (χ3n) is 7.12. The van der Waals surface area contributed by atoms with Crippen LogP contribution in [0.25, 0.3) is 0 Å². The van der Waals surface area contributed by atoms with Gasteiger partial charge in [0.25, 0.3) is 0 Å². The summed E-state index contributed by atoms with van der Waals surface area (Å²) < 4.78 is 16.7. The van der Waals surface area contributed by atoms with Crippen molar-refractivity contribution in [2.45, 2.75) is 32.5 Å². The summed E-state index contributed by atoms with van der Waals surface area (Å²) in [4.78, 5) is 15.8. The van der Waals surface area contributed by atoms with Crippen LogP contribution in [0.15, 0.2) is 89.3 Å². The minimum Gasteiger partial charge on any atom is -0.497 e. The second-order valence-corrected chi connectivity index (χ2v) is 9.54. The second-order valence-electron chi connectivity index (χ2n) is 9.54. The number of nitrogens with one attached hydrogen (secondary N) is 2. The number of methoxy groups -OCH3 is 2. The first-order valence-corrected chi connectivity index (χ1v) is 12.7. The van der Waals surface area contributed by atoms with E-state index in [-0.39, 0.29) is 24.0 Å². The minimum absolute atomic E-state index is 0.0229. The first-order chi connectivity index (χ1) is 18.5. The number of hydrogen-bond acceptors (Lipinski definition) is 5. The number of fused-ring (bicyclic) bond motifs is 1. The lowest BCUT2D eigenvalue weighted by Gasteiger charge is -2.45. The summed E-state index contributed by atoms with van der Waals surface area (Å²) in [5.74, 6) is 3.24. The summed E-state index contributed by atoms with van der Waals surface area (Å²) in [7, 11) is 3.28. The largest absolute Gasteiger partial charge is 0.497 e. The summed E-state index contributed by atoms with van der Waals surface area (Å²) in [6.07, 6.45) is 0. The summed E-state index contributed by atoms with van der Waals surface area (Å²) in [5.41, 5.74) is 3.58. The molecule has 7 nitrogen and oxygen atoms in total. The molecule has 0 aliphatic carbocycles. The lowest BCUT2D eigenvalue weighted by Crippen LogP contribution is -2.48. The molecule has 1 aliphatic rings. The molecular formula is C31H33N3O4. The van der Waals surface area contributed by atoms with Gasteiger partial charge in [0.2, 0.25) is 0 Å². The van der Waals surface area contributed by atoms with Gasteiger partial charge in [0.1, 0.15) is 23.0 Å². The van der Waals surface area contributed by atoms with E-state index in [9.17, 15) is 4.79 Å². The van der Waals surface area contributed by atoms with Crippen LogP contribution in [0.2, 0.25) is 0 Å². The Balaban J connectivity index is 1.56. The summed E-state index contributed by atoms with van der Waals surface area (Å²) in [6, 6.07) is 26.9. The van der Waals surface area contributed by atoms with Crippen molar-refractivity contribution in [3.05, 3.63) is 108 Å². The van der Waals surface area contributed by atoms with Crippen molar-refractivity contribution in [2.24, 2.45) is 5.92 Å². The third-order valence-corrected chi connectivity index (χ3v) is 7.12. The van der Waals surface area contributed by atoms with E-state index in [0.29, 0.717) is 12.2 Å². The summed E-state index contributed by atoms with van der Waals surface area (Å²) in [5, 5.41) is 6.80. The topological polar surface area (TPSA) is 76.0 Å². The van der Waals surface area contributed by atoms with Crippen LogP contribution >= 0.6 is 0 Å². The third kappa shape index (κ3) is 5.10. The number of carbonyl (C=O) groups is 1. The minimum atomic E-state index is -0.216. The molecule has 7 heteroatoms. The molecular weight excluding hydrogens is 478 g/mol. The molecule has 0 fully saturated rings. The standard InChI is InChI=1S/C31H33N3O4/c1-20-10-13-26(38-20)19-32-29-21(2)30(22-8-6-5-7-9-22)34(28-17-16-25(37-4)18-27(28)29)31(35)33-23-11-14-24(36-3)15-12-23/h5-18,21,29-30,32H,19H2,1-4H3,(H,33,35)/t21-,29-,30-/m0/s1. The highest BCUT2D eigenvalue weighted by molar-refractivity contribution is 6.03. The van der Waals surface area contributed by atoms with Crippen molar-refractivity contribution >= 4 is 17.4 Å². The Bertz CT molecular complexity index is 1380. The maximum Gasteiger partial charge on any atom is 0.326 e. The fourth-order valence-electron chi connectivity index (χ4n) is 5.26. The maximum atomic E-state index is 14.0. The zero-order chi connectivity index (χ0) is 26.6. The molecule has 2 N–H and O–H groups in total. The van der Waals surface area contributed by atoms with Crippen LogP contribution < -0.4 is 25.0 Å². The Labute approximate surface area is 223 Å². The van der Waals surface area contributed by atoms with Crippen molar-refractivity contribution in [3.63, 3.8) is 0 Å². The Hall–Kier alpha value is -4.23. The highest BCUT2D eigenvalue weighted by Crippen LogP contribution is 2.48. The first kappa shape index (κ1) is 25.4. The molecule has 196 valence electrons. The number of benzene rings is 3. The zero-order valence-corrected chi connectivity index (χ0v) is 22.1. The highest BCUT2D eigenvalue weighted by atomic mass is 16.5. The number of anilines is 2. The average Bonchev–Trinajstić information content (AvgIpc) is 3.37. The van der Waals surface area contributed by atoms with Gasteiger partial charge in [0, 0.05) is 17.6 Å². The van der Waals surface area contributed by atoms with E-state index in [2.05, 4.69) is 29.7 Å². The monoisotopic (exact) mass is 511 g/mol. The molecule has 0 spiro atoms. The smallest absolute Gasteiger partial charge is 0.326 e. The Kier molecular flexibility index (Phi) is 7.38. The highest BCUT2D eigenvalue weighted by Gasteiger charge is 2.42. The van der Waals surface area contributed by atoms with Crippen molar-refractivity contribution in [2.75, 3.05) is 24.4 Å². The fourth-order valence-corrected chi connectivity index (χ4v) is 5.26. The van der Waals surface area contributed by atoms with E-state index in [1.165, 1.54) is 0 Å². The lowest BCUT2D eigenvalue weighted by atomic mass is 9.79. The van der Waals surface area contributed by atoms with E-state index in [1.807, 2.05) is 84.6 Å². The predicted molar refractivity (Wildman–Crippen MR) is 149 cm³/mol. The van der Waals surface area contributed by atoms with E-state index >= 15 is 0 Å². The number of nitrogens with zero attached hydrogens (tertiary/aromatic N) is 1. The predicted octanol–water partition coefficient (Wildman–Crippen LogP) is 6.87. The van der Waals surface area contributed by atoms with Crippen LogP contribution in [0.1, 0.15) is 41.7 Å². The summed E-state index contributed by atoms with van der Waals surface area (Å²) in [6.45, 7) is 4.69. The van der Waals surface area contributed by atoms with Crippen molar-refractivity contribution in [3.8, 4) is 11.5 Å². The molecule has 3 aromatic carbocycles. The molecule has 4 aromatic rings. The van der Waals surface area contributed by atoms with E-state index in [1.54, 1.807) is 14.2 Å². The van der Waals surface area contributed by atoms with Crippen molar-refractivity contribution in [1.29, 1.82) is 0 Å². The molecule has 1 aromatic heterocycles. The lowest BCUT2D eigenvalue weighted by molar-refractivity contribution is 0.242. The van der Waals surface area contributed by atoms with Crippen LogP contribution in [0.3, 0.4) is 0 Å². The molecule has 5 rings (SSSR count). The van der Waals surface area contributed by atoms with Gasteiger partial charge in [-0.05, 0) is 72.6 Å². The van der Waals surface area contributed by atoms with Gasteiger partial charge < -0.3 is 24.5 Å². The van der Waals surface area contributed by atoms with E-state index in [0.717, 1.165) is 39.8 Å². The molecule has 1 aliphatic heterocycles. The average molecular weight is 512 g/mol. The number of furan rings is 1. The number of carbonyl (C=O) groups excluding carboxylic acids is 1. The number of amides is 2. The molecule has 2 heterocycles. The van der Waals surface area contributed by atoms with E-state index in [4.69, 9.17) is 13.9 Å². The zero-order valence-electron chi connectivity index (χ0n) is 22.1. The van der Waals surface area contributed by atoms with Crippen LogP contribution in [0, 0.1) is 12.8 Å². The number of urea groups is 1. The van der Waals surface area contributed by atoms with Gasteiger partial charge in [-0.25, -0.2) is 4.79 Å². The number of hydrogen-bond donors (Lipinski definition) is 2. The molecule has 0 saturated heterocycles. The number of ether oxygens (including phenoxy) is 2. The Morgan fingerprint density at radius 2 is 1.63 bits per heavy atom. The molecule has 0 saturated carbocycles. The summed E-state index contributed by atoms with van der Waals surface area (Å²) >= 11 is 0. The second kappa shape index (κ2) is 11.0. The van der Waals surface area contributed by atoms with Gasteiger partial charge in [-0.15, -0.1) is 0 Å². The molecule has 0 radical (unpaired) electrons. The van der Waals surface area contributed by atoms with Gasteiger partial charge >= 0.3 is 6.03 Å². The molecule has 0 bridgehead atoms. The van der Waals surface area contributed by atoms with E-state index < -0.39 is 0 Å². The van der Waals surface area contributed by atoms with Gasteiger partial charge in [-0.3, -0.25) is 4.90 Å². The number of aryl methyl sites for hydroxylation is 1. The number of rotatable bonds is 7. The quantitative estimate of drug-likeness (QED) is 0.283. The Morgan fingerprint density at radius 3 is 2.29 bits per heavy atom. The van der Waals surface area contributed by atoms with Gasteiger partial charge in [0.05, 0.1) is 32.5 Å². The van der Waals surface area contributed by atoms with Crippen LogP contribution in [-0.4, -0.2) is 20.3 Å². The Morgan fingerprint density at radius 1 is 0.921 bits per heavy atom. The first-order valence-electron chi connectivity index (χ1n) is 12.7. The molecule has 38 heavy (non-hydrogen) atoms. The molecule has 3 atom stereocenters. The SMILES string of the molecule is COc1ccc(NC(=O)N2c3ccc(OC)cc3[C@@H](NCc3ccc(C)o3)[C@H](C)[C@H]2c2ccccc2)cc1. The fraction of sp³-hybridized carbons (Fsp3) is 0.258. The maximum absolute atomic E-state index is 14.0. The van der Waals surface area contributed by atoms with Crippen LogP contribution in [0.4, 0.5) is 16.2 Å².